The Morgan fingerprint density at radius 2 is 0.971 bits per heavy atom. The van der Waals surface area contributed by atoms with Crippen LogP contribution in [0.15, 0.2) is 83.8 Å². The van der Waals surface area contributed by atoms with Crippen molar-refractivity contribution in [3.8, 4) is 0 Å². The highest BCUT2D eigenvalue weighted by molar-refractivity contribution is 5.76. The van der Waals surface area contributed by atoms with E-state index in [0.717, 1.165) is 12.0 Å². The SMILES string of the molecule is C/C=C\C=C(/C)CCC(=O)NC1CC(C)(C)CC(C)(Cn2c(=O)n(CC3(C)CC(NC(=O)OCc4ccco4)CC(C)(C)C3)c(=O)n(CC3(C)CC(NC(=O)OCc4ccco4)CC(C)(C)C3)c2=O)C1. The highest BCUT2D eigenvalue weighted by Gasteiger charge is 2.47. The van der Waals surface area contributed by atoms with Gasteiger partial charge in [0.1, 0.15) is 11.5 Å². The fourth-order valence-electron chi connectivity index (χ4n) is 13.2. The van der Waals surface area contributed by atoms with Crippen molar-refractivity contribution in [3.05, 3.63) is 104 Å². The third kappa shape index (κ3) is 14.8. The molecule has 3 N–H and O–H groups in total. The second-order valence-electron chi connectivity index (χ2n) is 24.6. The van der Waals surface area contributed by atoms with Crippen LogP contribution in [0.2, 0.25) is 0 Å². The predicted octanol–water partition coefficient (Wildman–Crippen LogP) is 9.38. The van der Waals surface area contributed by atoms with Crippen LogP contribution in [0.25, 0.3) is 0 Å². The van der Waals surface area contributed by atoms with E-state index < -0.39 is 45.5 Å². The summed E-state index contributed by atoms with van der Waals surface area (Å²) in [5.74, 6) is 0.983. The number of nitrogens with zero attached hydrogens (tertiary/aromatic N) is 3. The minimum Gasteiger partial charge on any atom is -0.466 e. The number of carbonyl (C=O) groups is 3. The molecule has 70 heavy (non-hydrogen) atoms. The molecule has 6 unspecified atom stereocenters. The van der Waals surface area contributed by atoms with Crippen LogP contribution in [-0.2, 0) is 47.1 Å². The Labute approximate surface area is 413 Å². The molecule has 0 radical (unpaired) electrons. The van der Waals surface area contributed by atoms with Crippen molar-refractivity contribution in [1.82, 2.24) is 29.7 Å². The Morgan fingerprint density at radius 3 is 1.31 bits per heavy atom. The first-order valence-corrected chi connectivity index (χ1v) is 25.1. The second kappa shape index (κ2) is 21.4. The van der Waals surface area contributed by atoms with E-state index in [4.69, 9.17) is 18.3 Å². The van der Waals surface area contributed by atoms with E-state index >= 15 is 14.4 Å². The first-order chi connectivity index (χ1) is 32.7. The summed E-state index contributed by atoms with van der Waals surface area (Å²) in [6.45, 7) is 22.8. The molecule has 3 aliphatic rings. The third-order valence-electron chi connectivity index (χ3n) is 14.5. The van der Waals surface area contributed by atoms with Crippen LogP contribution in [0.1, 0.15) is 158 Å². The number of ether oxygens (including phenoxy) is 2. The van der Waals surface area contributed by atoms with Gasteiger partial charge in [-0.15, -0.1) is 0 Å². The van der Waals surface area contributed by atoms with Crippen LogP contribution in [0, 0.1) is 32.5 Å². The van der Waals surface area contributed by atoms with Crippen LogP contribution in [0.3, 0.4) is 0 Å². The fourth-order valence-corrected chi connectivity index (χ4v) is 13.2. The van der Waals surface area contributed by atoms with Gasteiger partial charge in [0.15, 0.2) is 13.2 Å². The van der Waals surface area contributed by atoms with Gasteiger partial charge in [-0.05, 0) is 135 Å². The van der Waals surface area contributed by atoms with Crippen molar-refractivity contribution in [1.29, 1.82) is 0 Å². The van der Waals surface area contributed by atoms with Crippen molar-refractivity contribution in [2.24, 2.45) is 32.5 Å². The summed E-state index contributed by atoms with van der Waals surface area (Å²) >= 11 is 0. The van der Waals surface area contributed by atoms with Gasteiger partial charge in [0, 0.05) is 44.2 Å². The highest BCUT2D eigenvalue weighted by Crippen LogP contribution is 2.49. The number of hydrogen-bond acceptors (Lipinski definition) is 10. The number of nitrogens with one attached hydrogen (secondary N) is 3. The third-order valence-corrected chi connectivity index (χ3v) is 14.5. The molecule has 3 saturated carbocycles. The lowest BCUT2D eigenvalue weighted by Gasteiger charge is -2.48. The van der Waals surface area contributed by atoms with Gasteiger partial charge in [-0.25, -0.2) is 37.7 Å². The maximum absolute atomic E-state index is 15.1. The first kappa shape index (κ1) is 53.8. The molecule has 3 aromatic heterocycles. The molecule has 6 atom stereocenters. The van der Waals surface area contributed by atoms with Crippen LogP contribution in [0.4, 0.5) is 9.59 Å². The largest absolute Gasteiger partial charge is 0.466 e. The van der Waals surface area contributed by atoms with Crippen LogP contribution >= 0.6 is 0 Å². The molecule has 0 aromatic carbocycles. The molecule has 3 amide bonds. The molecule has 6 rings (SSSR count). The van der Waals surface area contributed by atoms with E-state index in [2.05, 4.69) is 64.4 Å². The minimum atomic E-state index is -0.691. The van der Waals surface area contributed by atoms with E-state index in [1.165, 1.54) is 26.2 Å². The topological polar surface area (TPSA) is 198 Å². The van der Waals surface area contributed by atoms with E-state index in [-0.39, 0.29) is 73.1 Å². The number of hydrogen-bond donors (Lipinski definition) is 3. The summed E-state index contributed by atoms with van der Waals surface area (Å²) in [5.41, 5.74) is -3.74. The normalized spacial score (nSPS) is 27.4. The fraction of sp³-hybridized carbons (Fsp3) is 0.667. The van der Waals surface area contributed by atoms with Gasteiger partial charge >= 0.3 is 29.3 Å². The molecular weight excluding hydrogens is 893 g/mol. The van der Waals surface area contributed by atoms with E-state index in [1.54, 1.807) is 24.3 Å². The van der Waals surface area contributed by atoms with Gasteiger partial charge in [0.2, 0.25) is 5.91 Å². The van der Waals surface area contributed by atoms with Gasteiger partial charge in [-0.2, -0.15) is 0 Å². The summed E-state index contributed by atoms with van der Waals surface area (Å²) < 4.78 is 25.4. The predicted molar refractivity (Wildman–Crippen MR) is 268 cm³/mol. The zero-order chi connectivity index (χ0) is 51.3. The lowest BCUT2D eigenvalue weighted by Crippen LogP contribution is -2.60. The number of rotatable bonds is 17. The molecule has 3 aromatic rings. The number of alkyl carbamates (subject to hydrolysis) is 2. The Bertz CT molecular complexity index is 2420. The molecule has 16 nitrogen and oxygen atoms in total. The standard InChI is InChI=1S/C54H80N6O10/c1-12-13-16-37(2)19-20-43(61)55-38-23-49(3,4)31-52(9,26-38)34-58-46(64)59(35-53(10)27-39(24-50(5,6)32-53)56-44(62)69-29-41-17-14-21-67-41)48(66)60(47(58)65)36-54(11)28-40(25-51(7,8)33-54)57-45(63)70-30-42-18-15-22-68-42/h12-18,21-22,38-40H,19-20,23-36H2,1-11H3,(H,55,61)(H,56,62)(H,57,63)/b13-12-,37-16+. The highest BCUT2D eigenvalue weighted by atomic mass is 16.6. The van der Waals surface area contributed by atoms with Crippen molar-refractivity contribution < 1.29 is 32.7 Å². The molecule has 3 fully saturated rings. The molecule has 0 aliphatic heterocycles. The maximum Gasteiger partial charge on any atom is 0.407 e. The van der Waals surface area contributed by atoms with Crippen LogP contribution in [0.5, 0.6) is 0 Å². The Morgan fingerprint density at radius 1 is 0.600 bits per heavy atom. The number of allylic oxidation sites excluding steroid dienone is 4. The van der Waals surface area contributed by atoms with E-state index in [0.29, 0.717) is 75.7 Å². The second-order valence-corrected chi connectivity index (χ2v) is 24.6. The molecule has 3 heterocycles. The van der Waals surface area contributed by atoms with Crippen molar-refractivity contribution in [2.45, 2.75) is 198 Å². The summed E-state index contributed by atoms with van der Waals surface area (Å²) in [7, 11) is 0. The number of aromatic nitrogens is 3. The van der Waals surface area contributed by atoms with Gasteiger partial charge in [0.25, 0.3) is 0 Å². The average molecular weight is 973 g/mol. The van der Waals surface area contributed by atoms with Gasteiger partial charge in [-0.1, -0.05) is 86.1 Å². The van der Waals surface area contributed by atoms with E-state index in [1.807, 2.05) is 45.9 Å². The number of furan rings is 2. The lowest BCUT2D eigenvalue weighted by atomic mass is 9.62. The van der Waals surface area contributed by atoms with Crippen LogP contribution in [-0.4, -0.2) is 49.9 Å². The van der Waals surface area contributed by atoms with Crippen molar-refractivity contribution in [3.63, 3.8) is 0 Å². The van der Waals surface area contributed by atoms with Crippen LogP contribution < -0.4 is 33.0 Å². The smallest absolute Gasteiger partial charge is 0.407 e. The quantitative estimate of drug-likeness (QED) is 0.110. The van der Waals surface area contributed by atoms with Gasteiger partial charge < -0.3 is 34.3 Å². The molecule has 386 valence electrons. The Hall–Kier alpha value is -5.54. The first-order valence-electron chi connectivity index (χ1n) is 25.1. The zero-order valence-corrected chi connectivity index (χ0v) is 43.7. The molecule has 0 saturated heterocycles. The summed E-state index contributed by atoms with van der Waals surface area (Å²) in [6, 6.07) is 6.05. The molecule has 3 aliphatic carbocycles. The van der Waals surface area contributed by atoms with Gasteiger partial charge in [-0.3, -0.25) is 4.79 Å². The molecule has 16 heteroatoms. The Kier molecular flexibility index (Phi) is 16.5. The lowest BCUT2D eigenvalue weighted by molar-refractivity contribution is -0.122. The Balaban J connectivity index is 1.33. The summed E-state index contributed by atoms with van der Waals surface area (Å²) in [6.07, 6.45) is 14.2. The van der Waals surface area contributed by atoms with Gasteiger partial charge in [0.05, 0.1) is 12.5 Å². The minimum absolute atomic E-state index is 0.00466. The zero-order valence-electron chi connectivity index (χ0n) is 43.7. The van der Waals surface area contributed by atoms with Crippen molar-refractivity contribution in [2.75, 3.05) is 0 Å². The van der Waals surface area contributed by atoms with E-state index in [9.17, 15) is 14.4 Å². The molecular formula is C54H80N6O10. The molecule has 0 bridgehead atoms. The monoisotopic (exact) mass is 973 g/mol. The maximum atomic E-state index is 15.1. The summed E-state index contributed by atoms with van der Waals surface area (Å²) in [4.78, 5) is 85.0. The number of carbonyl (C=O) groups excluding carboxylic acids is 3. The average Bonchev–Trinajstić information content (AvgIpc) is 3.96. The summed E-state index contributed by atoms with van der Waals surface area (Å²) in [5, 5.41) is 9.36. The van der Waals surface area contributed by atoms with Crippen molar-refractivity contribution >= 4 is 18.1 Å². The number of amides is 3. The molecule has 0 spiro atoms.